The molecule has 0 amide bonds. The van der Waals surface area contributed by atoms with Crippen LogP contribution in [0.1, 0.15) is 45.3 Å². The minimum atomic E-state index is -0.696. The zero-order chi connectivity index (χ0) is 14.4. The molecule has 5 nitrogen and oxygen atoms in total. The molecule has 1 atom stereocenters. The van der Waals surface area contributed by atoms with E-state index in [1.807, 2.05) is 4.90 Å². The number of aliphatic hydroxyl groups is 1. The van der Waals surface area contributed by atoms with Crippen LogP contribution in [-0.2, 0) is 0 Å². The zero-order valence-electron chi connectivity index (χ0n) is 11.8. The number of hydrogen-bond donors (Lipinski definition) is 1. The quantitative estimate of drug-likeness (QED) is 0.607. The number of rotatable bonds is 7. The molecule has 1 aromatic carbocycles. The number of nitrogens with zero attached hydrogens (tertiary/aromatic N) is 2. The SMILES string of the molecule is CCCN(CCC)c1ccc([C@@H](C)O)cc1[N+](=O)[O-]. The van der Waals surface area contributed by atoms with E-state index in [0.29, 0.717) is 11.3 Å². The standard InChI is InChI=1S/C14H22N2O3/c1-4-8-15(9-5-2)13-7-6-12(11(3)17)10-14(13)16(18)19/h6-7,10-11,17H,4-5,8-9H2,1-3H3/t11-/m1/s1. The molecule has 0 unspecified atom stereocenters. The molecule has 0 aromatic heterocycles. The van der Waals surface area contributed by atoms with Crippen molar-refractivity contribution >= 4 is 11.4 Å². The van der Waals surface area contributed by atoms with Gasteiger partial charge in [0.2, 0.25) is 0 Å². The van der Waals surface area contributed by atoms with Crippen LogP contribution in [0.25, 0.3) is 0 Å². The largest absolute Gasteiger partial charge is 0.389 e. The third kappa shape index (κ3) is 3.92. The first-order chi connectivity index (χ1) is 9.01. The molecular formula is C14H22N2O3. The van der Waals surface area contributed by atoms with E-state index in [9.17, 15) is 15.2 Å². The monoisotopic (exact) mass is 266 g/mol. The van der Waals surface area contributed by atoms with Crippen LogP contribution in [0.3, 0.4) is 0 Å². The highest BCUT2D eigenvalue weighted by molar-refractivity contribution is 5.64. The molecule has 0 fully saturated rings. The topological polar surface area (TPSA) is 66.6 Å². The Balaban J connectivity index is 3.20. The Morgan fingerprint density at radius 1 is 1.32 bits per heavy atom. The van der Waals surface area contributed by atoms with Gasteiger partial charge in [0.25, 0.3) is 5.69 Å². The second-order valence-electron chi connectivity index (χ2n) is 4.67. The summed E-state index contributed by atoms with van der Waals surface area (Å²) < 4.78 is 0. The molecule has 106 valence electrons. The van der Waals surface area contributed by atoms with E-state index < -0.39 is 6.10 Å². The maximum atomic E-state index is 11.2. The molecule has 0 heterocycles. The van der Waals surface area contributed by atoms with Crippen molar-refractivity contribution in [2.45, 2.75) is 39.7 Å². The van der Waals surface area contributed by atoms with Gasteiger partial charge in [-0.05, 0) is 31.4 Å². The Morgan fingerprint density at radius 2 is 1.89 bits per heavy atom. The summed E-state index contributed by atoms with van der Waals surface area (Å²) in [5, 5.41) is 20.7. The van der Waals surface area contributed by atoms with E-state index in [4.69, 9.17) is 0 Å². The van der Waals surface area contributed by atoms with Crippen molar-refractivity contribution in [1.82, 2.24) is 0 Å². The summed E-state index contributed by atoms with van der Waals surface area (Å²) in [6, 6.07) is 4.97. The van der Waals surface area contributed by atoms with E-state index >= 15 is 0 Å². The summed E-state index contributed by atoms with van der Waals surface area (Å²) >= 11 is 0. The van der Waals surface area contributed by atoms with Crippen LogP contribution in [0.5, 0.6) is 0 Å². The minimum absolute atomic E-state index is 0.0697. The van der Waals surface area contributed by atoms with Gasteiger partial charge in [-0.15, -0.1) is 0 Å². The van der Waals surface area contributed by atoms with Crippen molar-refractivity contribution in [2.75, 3.05) is 18.0 Å². The Hall–Kier alpha value is -1.62. The second kappa shape index (κ2) is 7.09. The van der Waals surface area contributed by atoms with Crippen molar-refractivity contribution in [3.05, 3.63) is 33.9 Å². The maximum Gasteiger partial charge on any atom is 0.292 e. The fourth-order valence-corrected chi connectivity index (χ4v) is 2.11. The molecule has 0 radical (unpaired) electrons. The Morgan fingerprint density at radius 3 is 2.32 bits per heavy atom. The van der Waals surface area contributed by atoms with Crippen LogP contribution in [0.4, 0.5) is 11.4 Å². The van der Waals surface area contributed by atoms with E-state index in [2.05, 4.69) is 13.8 Å². The number of nitro groups is 1. The smallest absolute Gasteiger partial charge is 0.292 e. The van der Waals surface area contributed by atoms with Crippen molar-refractivity contribution in [1.29, 1.82) is 0 Å². The summed E-state index contributed by atoms with van der Waals surface area (Å²) in [6.45, 7) is 7.30. The number of nitro benzene ring substituents is 1. The van der Waals surface area contributed by atoms with Crippen molar-refractivity contribution < 1.29 is 10.0 Å². The van der Waals surface area contributed by atoms with Crippen LogP contribution < -0.4 is 4.90 Å². The van der Waals surface area contributed by atoms with Gasteiger partial charge in [0, 0.05) is 19.2 Å². The minimum Gasteiger partial charge on any atom is -0.389 e. The predicted octanol–water partition coefficient (Wildman–Crippen LogP) is 3.27. The summed E-state index contributed by atoms with van der Waals surface area (Å²) in [4.78, 5) is 12.9. The van der Waals surface area contributed by atoms with Gasteiger partial charge in [0.05, 0.1) is 11.0 Å². The molecular weight excluding hydrogens is 244 g/mol. The molecule has 0 spiro atoms. The van der Waals surface area contributed by atoms with E-state index in [1.165, 1.54) is 6.07 Å². The molecule has 1 rings (SSSR count). The molecule has 0 aliphatic rings. The normalized spacial score (nSPS) is 12.2. The van der Waals surface area contributed by atoms with Crippen molar-refractivity contribution in [3.63, 3.8) is 0 Å². The molecule has 0 bridgehead atoms. The number of aliphatic hydroxyl groups excluding tert-OH is 1. The van der Waals surface area contributed by atoms with Crippen LogP contribution in [0.2, 0.25) is 0 Å². The summed E-state index contributed by atoms with van der Waals surface area (Å²) in [7, 11) is 0. The molecule has 1 N–H and O–H groups in total. The Labute approximate surface area is 114 Å². The first kappa shape index (κ1) is 15.4. The van der Waals surface area contributed by atoms with Gasteiger partial charge < -0.3 is 10.0 Å². The fraction of sp³-hybridized carbons (Fsp3) is 0.571. The lowest BCUT2D eigenvalue weighted by Crippen LogP contribution is -2.25. The Bertz CT molecular complexity index is 427. The van der Waals surface area contributed by atoms with Gasteiger partial charge in [-0.3, -0.25) is 10.1 Å². The number of hydrogen-bond acceptors (Lipinski definition) is 4. The maximum absolute atomic E-state index is 11.2. The van der Waals surface area contributed by atoms with E-state index in [0.717, 1.165) is 25.9 Å². The molecule has 0 saturated carbocycles. The molecule has 1 aromatic rings. The lowest BCUT2D eigenvalue weighted by molar-refractivity contribution is -0.384. The fourth-order valence-electron chi connectivity index (χ4n) is 2.11. The third-order valence-electron chi connectivity index (χ3n) is 3.01. The van der Waals surface area contributed by atoms with Crippen LogP contribution in [0, 0.1) is 10.1 Å². The van der Waals surface area contributed by atoms with Crippen LogP contribution >= 0.6 is 0 Å². The molecule has 5 heteroatoms. The average Bonchev–Trinajstić information content (AvgIpc) is 2.37. The van der Waals surface area contributed by atoms with Crippen molar-refractivity contribution in [3.8, 4) is 0 Å². The molecule has 0 aliphatic heterocycles. The van der Waals surface area contributed by atoms with Gasteiger partial charge in [-0.1, -0.05) is 19.9 Å². The molecule has 0 aliphatic carbocycles. The summed E-state index contributed by atoms with van der Waals surface area (Å²) in [5.41, 5.74) is 1.28. The zero-order valence-corrected chi connectivity index (χ0v) is 11.8. The van der Waals surface area contributed by atoms with E-state index in [1.54, 1.807) is 19.1 Å². The van der Waals surface area contributed by atoms with Gasteiger partial charge in [0.15, 0.2) is 0 Å². The Kier molecular flexibility index (Phi) is 5.76. The first-order valence-electron chi connectivity index (χ1n) is 6.72. The number of anilines is 1. The lowest BCUT2D eigenvalue weighted by Gasteiger charge is -2.23. The van der Waals surface area contributed by atoms with Crippen molar-refractivity contribution in [2.24, 2.45) is 0 Å². The van der Waals surface area contributed by atoms with E-state index in [-0.39, 0.29) is 10.6 Å². The average molecular weight is 266 g/mol. The van der Waals surface area contributed by atoms with Crippen LogP contribution in [-0.4, -0.2) is 23.1 Å². The highest BCUT2D eigenvalue weighted by Gasteiger charge is 2.20. The molecule has 0 saturated heterocycles. The second-order valence-corrected chi connectivity index (χ2v) is 4.67. The summed E-state index contributed by atoms with van der Waals surface area (Å²) in [6.07, 6.45) is 1.18. The highest BCUT2D eigenvalue weighted by atomic mass is 16.6. The highest BCUT2D eigenvalue weighted by Crippen LogP contribution is 2.31. The van der Waals surface area contributed by atoms with Gasteiger partial charge in [-0.2, -0.15) is 0 Å². The predicted molar refractivity (Wildman–Crippen MR) is 76.5 cm³/mol. The van der Waals surface area contributed by atoms with Gasteiger partial charge in [-0.25, -0.2) is 0 Å². The van der Waals surface area contributed by atoms with Crippen LogP contribution in [0.15, 0.2) is 18.2 Å². The number of benzene rings is 1. The molecule has 19 heavy (non-hydrogen) atoms. The van der Waals surface area contributed by atoms with Gasteiger partial charge in [0.1, 0.15) is 5.69 Å². The summed E-state index contributed by atoms with van der Waals surface area (Å²) in [5.74, 6) is 0. The third-order valence-corrected chi connectivity index (χ3v) is 3.01. The lowest BCUT2D eigenvalue weighted by atomic mass is 10.1. The first-order valence-corrected chi connectivity index (χ1v) is 6.72. The van der Waals surface area contributed by atoms with Gasteiger partial charge >= 0.3 is 0 Å².